The molecule has 31 heavy (non-hydrogen) atoms. The predicted molar refractivity (Wildman–Crippen MR) is 119 cm³/mol. The lowest BCUT2D eigenvalue weighted by molar-refractivity contribution is 0.0647. The van der Waals surface area contributed by atoms with E-state index in [1.807, 2.05) is 25.1 Å². The number of aryl methyl sites for hydroxylation is 2. The Balaban J connectivity index is 1.77. The number of benzene rings is 2. The summed E-state index contributed by atoms with van der Waals surface area (Å²) in [5.41, 5.74) is 2.54. The van der Waals surface area contributed by atoms with Crippen molar-refractivity contribution in [3.63, 3.8) is 0 Å². The Labute approximate surface area is 185 Å². The smallest absolute Gasteiger partial charge is 0.290 e. The van der Waals surface area contributed by atoms with Crippen molar-refractivity contribution in [2.45, 2.75) is 39.3 Å². The second-order valence-corrected chi connectivity index (χ2v) is 10.6. The van der Waals surface area contributed by atoms with Crippen LogP contribution in [0.2, 0.25) is 5.02 Å². The summed E-state index contributed by atoms with van der Waals surface area (Å²) in [6, 6.07) is 9.49. The van der Waals surface area contributed by atoms with Crippen molar-refractivity contribution >= 4 is 38.3 Å². The second-order valence-electron chi connectivity index (χ2n) is 7.93. The molecule has 0 N–H and O–H groups in total. The number of nitrogens with zero attached hydrogens (tertiary/aromatic N) is 1. The lowest BCUT2D eigenvalue weighted by Gasteiger charge is -2.28. The molecular formula is C23H23ClFNO4S. The van der Waals surface area contributed by atoms with Crippen molar-refractivity contribution in [1.29, 1.82) is 0 Å². The molecule has 0 saturated carbocycles. The number of furan rings is 1. The van der Waals surface area contributed by atoms with Crippen molar-refractivity contribution in [2.24, 2.45) is 0 Å². The number of hydrogen-bond acceptors (Lipinski definition) is 4. The molecule has 1 fully saturated rings. The van der Waals surface area contributed by atoms with Crippen molar-refractivity contribution in [2.75, 3.05) is 11.5 Å². The first kappa shape index (κ1) is 21.8. The number of carbonyl (C=O) groups is 1. The minimum Gasteiger partial charge on any atom is -0.451 e. The van der Waals surface area contributed by atoms with E-state index in [-0.39, 0.29) is 34.4 Å². The molecule has 2 aromatic carbocycles. The molecule has 1 aromatic heterocycles. The Bertz CT molecular complexity index is 1250. The Hall–Kier alpha value is -2.38. The van der Waals surface area contributed by atoms with E-state index in [0.29, 0.717) is 17.6 Å². The van der Waals surface area contributed by atoms with Gasteiger partial charge in [0.25, 0.3) is 5.91 Å². The number of rotatable bonds is 5. The first-order valence-electron chi connectivity index (χ1n) is 10.2. The monoisotopic (exact) mass is 463 g/mol. The second kappa shape index (κ2) is 8.28. The zero-order chi connectivity index (χ0) is 22.3. The summed E-state index contributed by atoms with van der Waals surface area (Å²) in [4.78, 5) is 15.0. The van der Waals surface area contributed by atoms with Crippen LogP contribution >= 0.6 is 11.6 Å². The van der Waals surface area contributed by atoms with Crippen molar-refractivity contribution in [3.8, 4) is 0 Å². The Morgan fingerprint density at radius 3 is 2.71 bits per heavy atom. The van der Waals surface area contributed by atoms with Gasteiger partial charge in [-0.3, -0.25) is 4.79 Å². The topological polar surface area (TPSA) is 67.6 Å². The van der Waals surface area contributed by atoms with E-state index in [4.69, 9.17) is 16.0 Å². The van der Waals surface area contributed by atoms with E-state index >= 15 is 0 Å². The lowest BCUT2D eigenvalue weighted by Crippen LogP contribution is -2.41. The van der Waals surface area contributed by atoms with Crippen LogP contribution in [0.25, 0.3) is 11.0 Å². The number of halogens is 2. The first-order valence-corrected chi connectivity index (χ1v) is 12.4. The molecule has 3 aromatic rings. The number of hydrogen-bond donors (Lipinski definition) is 0. The predicted octanol–water partition coefficient (Wildman–Crippen LogP) is 4.93. The van der Waals surface area contributed by atoms with Gasteiger partial charge in [0.15, 0.2) is 15.6 Å². The fourth-order valence-electron chi connectivity index (χ4n) is 4.06. The van der Waals surface area contributed by atoms with Crippen LogP contribution in [0.5, 0.6) is 0 Å². The molecule has 0 unspecified atom stereocenters. The molecule has 0 aliphatic carbocycles. The Morgan fingerprint density at radius 1 is 1.29 bits per heavy atom. The van der Waals surface area contributed by atoms with Crippen molar-refractivity contribution in [1.82, 2.24) is 4.90 Å². The highest BCUT2D eigenvalue weighted by Gasteiger charge is 2.37. The van der Waals surface area contributed by atoms with E-state index in [0.717, 1.165) is 17.4 Å². The summed E-state index contributed by atoms with van der Waals surface area (Å²) < 4.78 is 44.6. The molecule has 2 heterocycles. The maximum atomic E-state index is 14.5. The standard InChI is InChI=1S/C23H23ClFNO4S/c1-3-15-7-8-21-17(11-15)14(2)22(30-21)23(27)26(16-9-10-31(28,29)13-16)12-18-19(24)5-4-6-20(18)25/h4-8,11,16H,3,9-10,12-13H2,1-2H3/t16-/m0/s1. The van der Waals surface area contributed by atoms with Gasteiger partial charge in [-0.05, 0) is 49.6 Å². The van der Waals surface area contributed by atoms with E-state index in [9.17, 15) is 17.6 Å². The first-order chi connectivity index (χ1) is 14.7. The molecule has 1 amide bonds. The molecule has 1 aliphatic rings. The Kier molecular flexibility index (Phi) is 5.83. The molecule has 0 bridgehead atoms. The van der Waals surface area contributed by atoms with Crippen LogP contribution in [0.1, 0.15) is 40.6 Å². The molecule has 1 aliphatic heterocycles. The highest BCUT2D eigenvalue weighted by Crippen LogP contribution is 2.31. The molecule has 5 nitrogen and oxygen atoms in total. The summed E-state index contributed by atoms with van der Waals surface area (Å²) in [5, 5.41) is 1.03. The van der Waals surface area contributed by atoms with Gasteiger partial charge in [0.1, 0.15) is 11.4 Å². The van der Waals surface area contributed by atoms with Gasteiger partial charge in [0.05, 0.1) is 18.1 Å². The van der Waals surface area contributed by atoms with Crippen molar-refractivity contribution < 1.29 is 22.0 Å². The van der Waals surface area contributed by atoms with E-state index in [1.165, 1.54) is 17.0 Å². The average molecular weight is 464 g/mol. The van der Waals surface area contributed by atoms with Crippen LogP contribution < -0.4 is 0 Å². The molecule has 1 saturated heterocycles. The van der Waals surface area contributed by atoms with Crippen molar-refractivity contribution in [3.05, 3.63) is 69.7 Å². The zero-order valence-electron chi connectivity index (χ0n) is 17.3. The number of carbonyl (C=O) groups excluding carboxylic acids is 1. The highest BCUT2D eigenvalue weighted by atomic mass is 35.5. The molecular weight excluding hydrogens is 441 g/mol. The van der Waals surface area contributed by atoms with Gasteiger partial charge in [-0.25, -0.2) is 12.8 Å². The molecule has 164 valence electrons. The van der Waals surface area contributed by atoms with Gasteiger partial charge in [0.2, 0.25) is 0 Å². The molecule has 1 atom stereocenters. The van der Waals surface area contributed by atoms with Gasteiger partial charge < -0.3 is 9.32 Å². The lowest BCUT2D eigenvalue weighted by atomic mass is 10.1. The number of amides is 1. The van der Waals surface area contributed by atoms with Gasteiger partial charge in [-0.15, -0.1) is 0 Å². The third-order valence-corrected chi connectivity index (χ3v) is 8.01. The van der Waals surface area contributed by atoms with E-state index in [2.05, 4.69) is 0 Å². The van der Waals surface area contributed by atoms with Gasteiger partial charge in [0, 0.05) is 27.6 Å². The minimum atomic E-state index is -3.26. The van der Waals surface area contributed by atoms with Gasteiger partial charge in [-0.2, -0.15) is 0 Å². The summed E-state index contributed by atoms with van der Waals surface area (Å²) in [6.07, 6.45) is 1.14. The normalized spacial score (nSPS) is 17.9. The highest BCUT2D eigenvalue weighted by molar-refractivity contribution is 7.91. The zero-order valence-corrected chi connectivity index (χ0v) is 18.9. The molecule has 4 rings (SSSR count). The summed E-state index contributed by atoms with van der Waals surface area (Å²) in [6.45, 7) is 3.71. The molecule has 0 spiro atoms. The summed E-state index contributed by atoms with van der Waals surface area (Å²) >= 11 is 6.20. The van der Waals surface area contributed by atoms with Crippen LogP contribution in [-0.4, -0.2) is 36.8 Å². The fourth-order valence-corrected chi connectivity index (χ4v) is 6.02. The third-order valence-electron chi connectivity index (χ3n) is 5.90. The minimum absolute atomic E-state index is 0.00851. The van der Waals surface area contributed by atoms with Crippen LogP contribution in [0.3, 0.4) is 0 Å². The third kappa shape index (κ3) is 4.21. The van der Waals surface area contributed by atoms with Crippen LogP contribution in [0, 0.1) is 12.7 Å². The summed E-state index contributed by atoms with van der Waals surface area (Å²) in [7, 11) is -3.26. The molecule has 8 heteroatoms. The quantitative estimate of drug-likeness (QED) is 0.538. The van der Waals surface area contributed by atoms with Gasteiger partial charge >= 0.3 is 0 Å². The van der Waals surface area contributed by atoms with Crippen LogP contribution in [0.4, 0.5) is 4.39 Å². The molecule has 0 radical (unpaired) electrons. The SMILES string of the molecule is CCc1ccc2oc(C(=O)N(Cc3c(F)cccc3Cl)[C@H]3CCS(=O)(=O)C3)c(C)c2c1. The van der Waals surface area contributed by atoms with E-state index in [1.54, 1.807) is 13.0 Å². The number of sulfone groups is 1. The summed E-state index contributed by atoms with van der Waals surface area (Å²) in [5.74, 6) is -1.04. The van der Waals surface area contributed by atoms with Crippen LogP contribution in [-0.2, 0) is 22.8 Å². The largest absolute Gasteiger partial charge is 0.451 e. The number of fused-ring (bicyclic) bond motifs is 1. The maximum Gasteiger partial charge on any atom is 0.290 e. The maximum absolute atomic E-state index is 14.5. The average Bonchev–Trinajstić information content (AvgIpc) is 3.26. The Morgan fingerprint density at radius 2 is 2.06 bits per heavy atom. The fraction of sp³-hybridized carbons (Fsp3) is 0.348. The van der Waals surface area contributed by atoms with Crippen LogP contribution in [0.15, 0.2) is 40.8 Å². The van der Waals surface area contributed by atoms with E-state index < -0.39 is 27.6 Å². The van der Waals surface area contributed by atoms with Gasteiger partial charge in [-0.1, -0.05) is 30.7 Å².